The van der Waals surface area contributed by atoms with Gasteiger partial charge in [0.05, 0.1) is 0 Å². The summed E-state index contributed by atoms with van der Waals surface area (Å²) in [6.45, 7) is 6.81. The van der Waals surface area contributed by atoms with Crippen LogP contribution in [0.1, 0.15) is 35.3 Å². The summed E-state index contributed by atoms with van der Waals surface area (Å²) < 4.78 is 0. The van der Waals surface area contributed by atoms with Gasteiger partial charge in [0.25, 0.3) is 0 Å². The molecule has 2 rings (SSSR count). The van der Waals surface area contributed by atoms with Crippen LogP contribution in [0.4, 0.5) is 11.4 Å². The maximum absolute atomic E-state index is 12.3. The van der Waals surface area contributed by atoms with Gasteiger partial charge in [0.2, 0.25) is 11.8 Å². The largest absolute Gasteiger partial charge is 0.325 e. The van der Waals surface area contributed by atoms with Crippen LogP contribution in [0.5, 0.6) is 0 Å². The second-order valence-corrected chi connectivity index (χ2v) is 6.06. The number of amides is 2. The normalized spacial score (nSPS) is 10.2. The summed E-state index contributed by atoms with van der Waals surface area (Å²) in [5.74, 6) is -0.537. The summed E-state index contributed by atoms with van der Waals surface area (Å²) in [7, 11) is 0. The number of hydrogen-bond donors (Lipinski definition) is 1. The van der Waals surface area contributed by atoms with Crippen LogP contribution in [0, 0.1) is 13.8 Å². The zero-order valence-corrected chi connectivity index (χ0v) is 14.9. The third-order valence-electron chi connectivity index (χ3n) is 4.06. The van der Waals surface area contributed by atoms with Gasteiger partial charge in [0.1, 0.15) is 6.54 Å². The van der Waals surface area contributed by atoms with Gasteiger partial charge >= 0.3 is 0 Å². The Balaban J connectivity index is 2.11. The van der Waals surface area contributed by atoms with Gasteiger partial charge in [0.15, 0.2) is 5.78 Å². The molecule has 130 valence electrons. The predicted octanol–water partition coefficient (Wildman–Crippen LogP) is 3.50. The smallest absolute Gasteiger partial charge is 0.244 e. The fourth-order valence-corrected chi connectivity index (χ4v) is 2.41. The number of ketones is 1. The molecule has 0 spiro atoms. The molecule has 0 aliphatic heterocycles. The number of aryl methyl sites for hydroxylation is 2. The van der Waals surface area contributed by atoms with Gasteiger partial charge in [-0.2, -0.15) is 0 Å². The number of Topliss-reactive ketones (excluding diaryl/α,β-unsaturated/α-hetero) is 1. The minimum atomic E-state index is -0.302. The van der Waals surface area contributed by atoms with Crippen molar-refractivity contribution in [2.75, 3.05) is 16.8 Å². The van der Waals surface area contributed by atoms with E-state index >= 15 is 0 Å². The minimum Gasteiger partial charge on any atom is -0.325 e. The zero-order chi connectivity index (χ0) is 18.6. The van der Waals surface area contributed by atoms with Crippen LogP contribution in [-0.2, 0) is 9.59 Å². The summed E-state index contributed by atoms with van der Waals surface area (Å²) >= 11 is 0. The van der Waals surface area contributed by atoms with Crippen molar-refractivity contribution in [2.45, 2.75) is 27.7 Å². The highest BCUT2D eigenvalue weighted by molar-refractivity contribution is 6.02. The molecule has 25 heavy (non-hydrogen) atoms. The number of benzene rings is 2. The highest BCUT2D eigenvalue weighted by Gasteiger charge is 2.16. The Morgan fingerprint density at radius 2 is 1.56 bits per heavy atom. The average Bonchev–Trinajstić information content (AvgIpc) is 2.55. The molecule has 0 saturated heterocycles. The lowest BCUT2D eigenvalue weighted by Crippen LogP contribution is -2.36. The summed E-state index contributed by atoms with van der Waals surface area (Å²) in [5.41, 5.74) is 4.04. The molecular weight excluding hydrogens is 316 g/mol. The number of carbonyl (C=O) groups excluding carboxylic acids is 3. The van der Waals surface area contributed by atoms with Crippen molar-refractivity contribution in [3.05, 3.63) is 59.2 Å². The molecule has 0 radical (unpaired) electrons. The Morgan fingerprint density at radius 1 is 0.920 bits per heavy atom. The molecule has 2 aromatic rings. The molecule has 0 bridgehead atoms. The van der Waals surface area contributed by atoms with E-state index in [2.05, 4.69) is 5.32 Å². The van der Waals surface area contributed by atoms with Crippen molar-refractivity contribution in [2.24, 2.45) is 0 Å². The molecule has 0 saturated carbocycles. The maximum atomic E-state index is 12.3. The molecule has 5 heteroatoms. The number of rotatable bonds is 5. The van der Waals surface area contributed by atoms with Gasteiger partial charge < -0.3 is 10.2 Å². The van der Waals surface area contributed by atoms with Crippen LogP contribution in [0.15, 0.2) is 42.5 Å². The zero-order valence-electron chi connectivity index (χ0n) is 14.9. The summed E-state index contributed by atoms with van der Waals surface area (Å²) in [6, 6.07) is 12.3. The first-order valence-corrected chi connectivity index (χ1v) is 8.04. The van der Waals surface area contributed by atoms with Crippen molar-refractivity contribution in [1.29, 1.82) is 0 Å². The number of hydrogen-bond acceptors (Lipinski definition) is 3. The van der Waals surface area contributed by atoms with E-state index in [1.165, 1.54) is 18.7 Å². The molecule has 0 fully saturated rings. The first-order valence-electron chi connectivity index (χ1n) is 8.04. The number of nitrogens with zero attached hydrogens (tertiary/aromatic N) is 1. The Morgan fingerprint density at radius 3 is 2.08 bits per heavy atom. The van der Waals surface area contributed by atoms with Crippen LogP contribution in [0.25, 0.3) is 0 Å². The van der Waals surface area contributed by atoms with E-state index in [1.54, 1.807) is 24.3 Å². The second kappa shape index (κ2) is 7.75. The highest BCUT2D eigenvalue weighted by Crippen LogP contribution is 2.19. The van der Waals surface area contributed by atoms with E-state index in [9.17, 15) is 14.4 Å². The molecule has 2 amide bonds. The molecule has 0 heterocycles. The van der Waals surface area contributed by atoms with Gasteiger partial charge in [-0.3, -0.25) is 14.4 Å². The number of nitrogens with one attached hydrogen (secondary N) is 1. The van der Waals surface area contributed by atoms with Crippen LogP contribution in [-0.4, -0.2) is 24.1 Å². The van der Waals surface area contributed by atoms with Crippen LogP contribution in [0.3, 0.4) is 0 Å². The lowest BCUT2D eigenvalue weighted by atomic mass is 10.1. The SMILES string of the molecule is CC(=O)c1ccc(NC(=O)CN(C(C)=O)c2ccc(C)c(C)c2)cc1. The molecule has 2 aromatic carbocycles. The molecule has 0 atom stereocenters. The van der Waals surface area contributed by atoms with Crippen molar-refractivity contribution < 1.29 is 14.4 Å². The third-order valence-corrected chi connectivity index (χ3v) is 4.06. The molecule has 0 aliphatic rings. The first kappa shape index (κ1) is 18.4. The standard InChI is InChI=1S/C20H22N2O3/c1-13-5-10-19(11-14(13)2)22(16(4)24)12-20(25)21-18-8-6-17(7-9-18)15(3)23/h5-11H,12H2,1-4H3,(H,21,25). The third kappa shape index (κ3) is 4.76. The Hall–Kier alpha value is -2.95. The minimum absolute atomic E-state index is 0.0321. The van der Waals surface area contributed by atoms with Crippen molar-refractivity contribution >= 4 is 29.0 Å². The lowest BCUT2D eigenvalue weighted by Gasteiger charge is -2.21. The van der Waals surface area contributed by atoms with E-state index in [-0.39, 0.29) is 24.1 Å². The lowest BCUT2D eigenvalue weighted by molar-refractivity contribution is -0.120. The molecule has 1 N–H and O–H groups in total. The summed E-state index contributed by atoms with van der Waals surface area (Å²) in [6.07, 6.45) is 0. The van der Waals surface area contributed by atoms with Crippen molar-refractivity contribution in [1.82, 2.24) is 0 Å². The molecule has 5 nitrogen and oxygen atoms in total. The number of carbonyl (C=O) groups is 3. The van der Waals surface area contributed by atoms with Gasteiger partial charge in [-0.05, 0) is 68.3 Å². The van der Waals surface area contributed by atoms with E-state index in [0.717, 1.165) is 11.1 Å². The van der Waals surface area contributed by atoms with Crippen LogP contribution < -0.4 is 10.2 Å². The fraction of sp³-hybridized carbons (Fsp3) is 0.250. The van der Waals surface area contributed by atoms with Gasteiger partial charge in [-0.15, -0.1) is 0 Å². The fourth-order valence-electron chi connectivity index (χ4n) is 2.41. The van der Waals surface area contributed by atoms with E-state index in [1.807, 2.05) is 32.0 Å². The molecular formula is C20H22N2O3. The Bertz CT molecular complexity index is 810. The average molecular weight is 338 g/mol. The van der Waals surface area contributed by atoms with Gasteiger partial charge in [0, 0.05) is 23.9 Å². The molecule has 0 unspecified atom stereocenters. The van der Waals surface area contributed by atoms with E-state index < -0.39 is 0 Å². The van der Waals surface area contributed by atoms with Crippen molar-refractivity contribution in [3.8, 4) is 0 Å². The van der Waals surface area contributed by atoms with Gasteiger partial charge in [-0.1, -0.05) is 6.07 Å². The molecule has 0 aliphatic carbocycles. The Kier molecular flexibility index (Phi) is 5.70. The monoisotopic (exact) mass is 338 g/mol. The quantitative estimate of drug-likeness (QED) is 0.849. The van der Waals surface area contributed by atoms with E-state index in [0.29, 0.717) is 16.9 Å². The first-order chi connectivity index (χ1) is 11.8. The topological polar surface area (TPSA) is 66.5 Å². The van der Waals surface area contributed by atoms with Gasteiger partial charge in [-0.25, -0.2) is 0 Å². The second-order valence-electron chi connectivity index (χ2n) is 6.06. The predicted molar refractivity (Wildman–Crippen MR) is 99.0 cm³/mol. The highest BCUT2D eigenvalue weighted by atomic mass is 16.2. The summed E-state index contributed by atoms with van der Waals surface area (Å²) in [5, 5.41) is 2.75. The van der Waals surface area contributed by atoms with E-state index in [4.69, 9.17) is 0 Å². The summed E-state index contributed by atoms with van der Waals surface area (Å²) in [4.78, 5) is 37.0. The maximum Gasteiger partial charge on any atom is 0.244 e. The van der Waals surface area contributed by atoms with Crippen LogP contribution >= 0.6 is 0 Å². The van der Waals surface area contributed by atoms with Crippen LogP contribution in [0.2, 0.25) is 0 Å². The Labute approximate surface area is 147 Å². The van der Waals surface area contributed by atoms with Crippen molar-refractivity contribution in [3.63, 3.8) is 0 Å². The molecule has 0 aromatic heterocycles. The number of anilines is 2.